The monoisotopic (exact) mass is 333 g/mol. The molecule has 6 heteroatoms. The van der Waals surface area contributed by atoms with E-state index in [9.17, 15) is 4.79 Å². The van der Waals surface area contributed by atoms with E-state index in [4.69, 9.17) is 0 Å². The molecule has 0 aromatic heterocycles. The summed E-state index contributed by atoms with van der Waals surface area (Å²) in [6, 6.07) is 11.1. The Kier molecular flexibility index (Phi) is 6.21. The highest BCUT2D eigenvalue weighted by atomic mass is 16.2. The summed E-state index contributed by atoms with van der Waals surface area (Å²) in [6.45, 7) is 2.45. The van der Waals surface area contributed by atoms with Crippen LogP contribution >= 0.6 is 0 Å². The van der Waals surface area contributed by atoms with Gasteiger partial charge in [0.15, 0.2) is 0 Å². The third kappa shape index (κ3) is 3.88. The number of carbonyl (C=O) groups excluding carboxylic acids is 1. The summed E-state index contributed by atoms with van der Waals surface area (Å²) in [5, 5.41) is 6.31. The lowest BCUT2D eigenvalue weighted by Crippen LogP contribution is -2.55. The SMILES string of the molecule is CN(C)C1CC1.N.O=C1NCN(c2ccccc2)C12CCNCC2. The van der Waals surface area contributed by atoms with Crippen molar-refractivity contribution in [2.24, 2.45) is 0 Å². The van der Waals surface area contributed by atoms with Crippen LogP contribution in [0.15, 0.2) is 30.3 Å². The highest BCUT2D eigenvalue weighted by molar-refractivity contribution is 5.93. The number of nitrogens with zero attached hydrogens (tertiary/aromatic N) is 2. The van der Waals surface area contributed by atoms with Crippen molar-refractivity contribution in [3.8, 4) is 0 Å². The van der Waals surface area contributed by atoms with Gasteiger partial charge in [0, 0.05) is 11.7 Å². The van der Waals surface area contributed by atoms with Crippen LogP contribution in [0.2, 0.25) is 0 Å². The molecule has 2 saturated heterocycles. The standard InChI is InChI=1S/C13H17N3O.C5H11N.H3N/c17-12-13(6-8-14-9-7-13)16(10-15-12)11-4-2-1-3-5-11;1-6(2)5-3-4-5;/h1-5,14H,6-10H2,(H,15,17);5H,3-4H2,1-2H3;1H3. The number of carbonyl (C=O) groups is 1. The maximum atomic E-state index is 12.2. The Morgan fingerprint density at radius 1 is 1.12 bits per heavy atom. The van der Waals surface area contributed by atoms with E-state index >= 15 is 0 Å². The number of para-hydroxylation sites is 1. The van der Waals surface area contributed by atoms with Gasteiger partial charge in [0.05, 0.1) is 6.67 Å². The predicted molar refractivity (Wildman–Crippen MR) is 98.5 cm³/mol. The van der Waals surface area contributed by atoms with Gasteiger partial charge in [-0.3, -0.25) is 4.79 Å². The molecular weight excluding hydrogens is 302 g/mol. The van der Waals surface area contributed by atoms with Gasteiger partial charge in [-0.15, -0.1) is 0 Å². The first-order chi connectivity index (χ1) is 11.1. The van der Waals surface area contributed by atoms with Crippen LogP contribution in [0, 0.1) is 0 Å². The van der Waals surface area contributed by atoms with Gasteiger partial charge in [-0.1, -0.05) is 18.2 Å². The Morgan fingerprint density at radius 2 is 1.75 bits per heavy atom. The molecular formula is C18H31N5O. The normalized spacial score (nSPS) is 21.8. The smallest absolute Gasteiger partial charge is 0.247 e. The number of anilines is 1. The number of piperidine rings is 1. The third-order valence-electron chi connectivity index (χ3n) is 5.11. The first-order valence-corrected chi connectivity index (χ1v) is 8.62. The zero-order valence-electron chi connectivity index (χ0n) is 14.9. The molecule has 0 atom stereocenters. The lowest BCUT2D eigenvalue weighted by Gasteiger charge is -2.40. The average Bonchev–Trinajstić information content (AvgIpc) is 3.38. The molecule has 0 radical (unpaired) electrons. The van der Waals surface area contributed by atoms with Crippen molar-refractivity contribution in [3.63, 3.8) is 0 Å². The van der Waals surface area contributed by atoms with E-state index in [-0.39, 0.29) is 17.6 Å². The zero-order valence-corrected chi connectivity index (χ0v) is 14.9. The number of nitrogens with one attached hydrogen (secondary N) is 2. The summed E-state index contributed by atoms with van der Waals surface area (Å²) in [5.41, 5.74) is 0.805. The van der Waals surface area contributed by atoms with Crippen molar-refractivity contribution in [1.82, 2.24) is 21.7 Å². The molecule has 0 unspecified atom stereocenters. The predicted octanol–water partition coefficient (Wildman–Crippen LogP) is 1.57. The van der Waals surface area contributed by atoms with Crippen LogP contribution in [-0.2, 0) is 4.79 Å². The molecule has 24 heavy (non-hydrogen) atoms. The maximum absolute atomic E-state index is 12.2. The van der Waals surface area contributed by atoms with Crippen molar-refractivity contribution < 1.29 is 4.79 Å². The Bertz CT molecular complexity index is 523. The van der Waals surface area contributed by atoms with E-state index in [0.717, 1.165) is 37.7 Å². The van der Waals surface area contributed by atoms with Crippen LogP contribution in [0.25, 0.3) is 0 Å². The molecule has 5 N–H and O–H groups in total. The van der Waals surface area contributed by atoms with Gasteiger partial charge in [0.2, 0.25) is 5.91 Å². The molecule has 3 fully saturated rings. The average molecular weight is 333 g/mol. The first-order valence-electron chi connectivity index (χ1n) is 8.62. The van der Waals surface area contributed by atoms with E-state index < -0.39 is 0 Å². The van der Waals surface area contributed by atoms with Crippen LogP contribution in [0.3, 0.4) is 0 Å². The molecule has 1 aromatic carbocycles. The van der Waals surface area contributed by atoms with Crippen molar-refractivity contribution in [3.05, 3.63) is 30.3 Å². The molecule has 0 bridgehead atoms. The maximum Gasteiger partial charge on any atom is 0.247 e. The van der Waals surface area contributed by atoms with Gasteiger partial charge >= 0.3 is 0 Å². The summed E-state index contributed by atoms with van der Waals surface area (Å²) >= 11 is 0. The van der Waals surface area contributed by atoms with Gasteiger partial charge in [0.25, 0.3) is 0 Å². The van der Waals surface area contributed by atoms with Crippen LogP contribution in [0.5, 0.6) is 0 Å². The number of hydrogen-bond acceptors (Lipinski definition) is 5. The van der Waals surface area contributed by atoms with E-state index in [1.54, 1.807) is 0 Å². The van der Waals surface area contributed by atoms with Crippen LogP contribution in [0.4, 0.5) is 5.69 Å². The Labute approximate surface area is 145 Å². The Hall–Kier alpha value is -1.63. The molecule has 1 amide bonds. The van der Waals surface area contributed by atoms with Crippen LogP contribution in [-0.4, -0.2) is 56.2 Å². The summed E-state index contributed by atoms with van der Waals surface area (Å²) in [7, 11) is 4.27. The Morgan fingerprint density at radius 3 is 2.25 bits per heavy atom. The number of benzene rings is 1. The third-order valence-corrected chi connectivity index (χ3v) is 5.11. The second-order valence-corrected chi connectivity index (χ2v) is 6.90. The highest BCUT2D eigenvalue weighted by Crippen LogP contribution is 2.34. The van der Waals surface area contributed by atoms with Crippen LogP contribution < -0.4 is 21.7 Å². The van der Waals surface area contributed by atoms with Crippen molar-refractivity contribution in [2.75, 3.05) is 38.8 Å². The summed E-state index contributed by atoms with van der Waals surface area (Å²) in [5.74, 6) is 0.183. The molecule has 2 heterocycles. The number of hydrogen-bond donors (Lipinski definition) is 3. The quantitative estimate of drug-likeness (QED) is 0.765. The summed E-state index contributed by atoms with van der Waals surface area (Å²) in [6.07, 6.45) is 4.61. The molecule has 4 rings (SSSR count). The first kappa shape index (κ1) is 18.7. The minimum absolute atomic E-state index is 0. The van der Waals surface area contributed by atoms with Gasteiger partial charge < -0.3 is 26.6 Å². The lowest BCUT2D eigenvalue weighted by atomic mass is 9.86. The van der Waals surface area contributed by atoms with Gasteiger partial charge in [-0.25, -0.2) is 0 Å². The highest BCUT2D eigenvalue weighted by Gasteiger charge is 2.48. The van der Waals surface area contributed by atoms with Gasteiger partial charge in [0.1, 0.15) is 5.54 Å². The molecule has 2 aliphatic heterocycles. The van der Waals surface area contributed by atoms with E-state index in [1.807, 2.05) is 18.2 Å². The topological polar surface area (TPSA) is 82.6 Å². The molecule has 134 valence electrons. The van der Waals surface area contributed by atoms with Crippen molar-refractivity contribution in [2.45, 2.75) is 37.3 Å². The molecule has 1 spiro atoms. The van der Waals surface area contributed by atoms with Crippen molar-refractivity contribution >= 4 is 11.6 Å². The molecule has 6 nitrogen and oxygen atoms in total. The Balaban J connectivity index is 0.000000254. The second-order valence-electron chi connectivity index (χ2n) is 6.90. The second kappa shape index (κ2) is 7.96. The fourth-order valence-corrected chi connectivity index (χ4v) is 3.46. The minimum atomic E-state index is -0.327. The molecule has 1 aliphatic carbocycles. The minimum Gasteiger partial charge on any atom is -0.344 e. The molecule has 1 aromatic rings. The van der Waals surface area contributed by atoms with E-state index in [0.29, 0.717) is 6.67 Å². The van der Waals surface area contributed by atoms with Gasteiger partial charge in [-0.2, -0.15) is 0 Å². The van der Waals surface area contributed by atoms with E-state index in [1.165, 1.54) is 12.8 Å². The largest absolute Gasteiger partial charge is 0.344 e. The number of rotatable bonds is 2. The number of amides is 1. The van der Waals surface area contributed by atoms with Crippen LogP contribution in [0.1, 0.15) is 25.7 Å². The summed E-state index contributed by atoms with van der Waals surface area (Å²) in [4.78, 5) is 16.7. The zero-order chi connectivity index (χ0) is 16.3. The fourth-order valence-electron chi connectivity index (χ4n) is 3.46. The fraction of sp³-hybridized carbons (Fsp3) is 0.611. The molecule has 3 aliphatic rings. The van der Waals surface area contributed by atoms with Gasteiger partial charge in [-0.05, 0) is 65.0 Å². The van der Waals surface area contributed by atoms with E-state index in [2.05, 4.69) is 46.7 Å². The molecule has 1 saturated carbocycles. The van der Waals surface area contributed by atoms with Crippen molar-refractivity contribution in [1.29, 1.82) is 0 Å². The summed E-state index contributed by atoms with van der Waals surface area (Å²) < 4.78 is 0. The lowest BCUT2D eigenvalue weighted by molar-refractivity contribution is -0.124.